The van der Waals surface area contributed by atoms with Gasteiger partial charge in [-0.25, -0.2) is 9.59 Å². The molecule has 0 aromatic heterocycles. The van der Waals surface area contributed by atoms with Crippen molar-refractivity contribution in [3.05, 3.63) is 83.4 Å². The number of benzene rings is 3. The molecule has 0 spiro atoms. The molecule has 29 heavy (non-hydrogen) atoms. The molecule has 0 unspecified atom stereocenters. The summed E-state index contributed by atoms with van der Waals surface area (Å²) in [4.78, 5) is 24.6. The zero-order chi connectivity index (χ0) is 20.8. The number of ether oxygens (including phenoxy) is 4. The van der Waals surface area contributed by atoms with Crippen LogP contribution in [0, 0.1) is 6.92 Å². The molecule has 0 atom stereocenters. The minimum atomic E-state index is -0.546. The molecule has 0 saturated carbocycles. The van der Waals surface area contributed by atoms with Gasteiger partial charge in [0.2, 0.25) is 0 Å². The first-order chi connectivity index (χ1) is 14.0. The molecule has 3 aromatic rings. The van der Waals surface area contributed by atoms with E-state index in [0.717, 1.165) is 5.56 Å². The fourth-order valence-electron chi connectivity index (χ4n) is 2.54. The Kier molecular flexibility index (Phi) is 6.14. The first kappa shape index (κ1) is 19.9. The topological polar surface area (TPSA) is 71.1 Å². The molecule has 0 radical (unpaired) electrons. The Bertz CT molecular complexity index is 1010. The second kappa shape index (κ2) is 8.93. The number of esters is 2. The van der Waals surface area contributed by atoms with Crippen molar-refractivity contribution in [1.82, 2.24) is 0 Å². The highest BCUT2D eigenvalue weighted by molar-refractivity contribution is 5.92. The second-order valence-corrected chi connectivity index (χ2v) is 6.19. The van der Waals surface area contributed by atoms with Crippen LogP contribution in [0.5, 0.6) is 23.0 Å². The van der Waals surface area contributed by atoms with Gasteiger partial charge in [-0.1, -0.05) is 17.7 Å². The minimum Gasteiger partial charge on any atom is -0.497 e. The van der Waals surface area contributed by atoms with Crippen LogP contribution in [0.25, 0.3) is 0 Å². The van der Waals surface area contributed by atoms with E-state index < -0.39 is 11.9 Å². The molecule has 148 valence electrons. The first-order valence-electron chi connectivity index (χ1n) is 8.83. The zero-order valence-corrected chi connectivity index (χ0v) is 16.3. The fraction of sp³-hybridized carbons (Fsp3) is 0.130. The summed E-state index contributed by atoms with van der Waals surface area (Å²) in [6.45, 7) is 1.94. The van der Waals surface area contributed by atoms with Gasteiger partial charge in [0.1, 0.15) is 11.5 Å². The van der Waals surface area contributed by atoms with Crippen molar-refractivity contribution in [3.63, 3.8) is 0 Å². The largest absolute Gasteiger partial charge is 0.497 e. The van der Waals surface area contributed by atoms with Crippen LogP contribution in [0.15, 0.2) is 66.7 Å². The molecular weight excluding hydrogens is 372 g/mol. The Hall–Kier alpha value is -3.80. The van der Waals surface area contributed by atoms with Gasteiger partial charge in [-0.2, -0.15) is 0 Å². The summed E-state index contributed by atoms with van der Waals surface area (Å²) in [5, 5.41) is 0. The third kappa shape index (κ3) is 4.93. The van der Waals surface area contributed by atoms with Crippen molar-refractivity contribution in [3.8, 4) is 23.0 Å². The van der Waals surface area contributed by atoms with E-state index in [9.17, 15) is 9.59 Å². The zero-order valence-electron chi connectivity index (χ0n) is 16.3. The Morgan fingerprint density at radius 1 is 0.621 bits per heavy atom. The van der Waals surface area contributed by atoms with E-state index in [0.29, 0.717) is 16.9 Å². The van der Waals surface area contributed by atoms with Gasteiger partial charge in [0.05, 0.1) is 25.3 Å². The summed E-state index contributed by atoms with van der Waals surface area (Å²) in [7, 11) is 2.98. The maximum Gasteiger partial charge on any atom is 0.343 e. The van der Waals surface area contributed by atoms with Gasteiger partial charge >= 0.3 is 11.9 Å². The van der Waals surface area contributed by atoms with E-state index in [1.54, 1.807) is 43.5 Å². The molecule has 0 aliphatic carbocycles. The number of carbonyl (C=O) groups excluding carboxylic acids is 2. The maximum atomic E-state index is 12.4. The molecule has 3 aromatic carbocycles. The Morgan fingerprint density at radius 2 is 1.17 bits per heavy atom. The molecule has 3 rings (SSSR count). The quantitative estimate of drug-likeness (QED) is 0.456. The molecule has 0 aliphatic heterocycles. The molecule has 0 heterocycles. The van der Waals surface area contributed by atoms with E-state index >= 15 is 0 Å². The number of carbonyl (C=O) groups is 2. The van der Waals surface area contributed by atoms with Crippen LogP contribution < -0.4 is 18.9 Å². The molecule has 0 bridgehead atoms. The fourth-order valence-corrected chi connectivity index (χ4v) is 2.54. The van der Waals surface area contributed by atoms with Crippen LogP contribution in [0.3, 0.4) is 0 Å². The molecule has 0 fully saturated rings. The highest BCUT2D eigenvalue weighted by Crippen LogP contribution is 2.32. The summed E-state index contributed by atoms with van der Waals surface area (Å²) >= 11 is 0. The molecule has 6 heteroatoms. The average molecular weight is 392 g/mol. The van der Waals surface area contributed by atoms with Gasteiger partial charge in [-0.05, 0) is 55.5 Å². The second-order valence-electron chi connectivity index (χ2n) is 6.19. The van der Waals surface area contributed by atoms with Crippen LogP contribution in [0.2, 0.25) is 0 Å². The maximum absolute atomic E-state index is 12.4. The standard InChI is InChI=1S/C23H20O6/c1-15-4-6-16(7-5-15)22(24)28-19-12-13-20(21(14-19)27-3)29-23(25)17-8-10-18(26-2)11-9-17/h4-14H,1-3H3. The molecular formula is C23H20O6. The Morgan fingerprint density at radius 3 is 1.76 bits per heavy atom. The van der Waals surface area contributed by atoms with Gasteiger partial charge in [0, 0.05) is 6.07 Å². The van der Waals surface area contributed by atoms with Gasteiger partial charge in [0.25, 0.3) is 0 Å². The third-order valence-corrected chi connectivity index (χ3v) is 4.16. The Labute approximate surface area is 168 Å². The summed E-state index contributed by atoms with van der Waals surface area (Å²) in [5.74, 6) is 0.352. The van der Waals surface area contributed by atoms with Crippen molar-refractivity contribution < 1.29 is 28.5 Å². The number of rotatable bonds is 6. The van der Waals surface area contributed by atoms with Gasteiger partial charge in [-0.15, -0.1) is 0 Å². The van der Waals surface area contributed by atoms with Crippen molar-refractivity contribution in [1.29, 1.82) is 0 Å². The summed E-state index contributed by atoms with van der Waals surface area (Å²) in [5.41, 5.74) is 1.85. The van der Waals surface area contributed by atoms with Crippen LogP contribution >= 0.6 is 0 Å². The number of hydrogen-bond donors (Lipinski definition) is 0. The lowest BCUT2D eigenvalue weighted by molar-refractivity contribution is 0.0715. The van der Waals surface area contributed by atoms with E-state index in [1.807, 2.05) is 19.1 Å². The number of methoxy groups -OCH3 is 2. The lowest BCUT2D eigenvalue weighted by Gasteiger charge is -2.11. The average Bonchev–Trinajstić information content (AvgIpc) is 2.75. The lowest BCUT2D eigenvalue weighted by atomic mass is 10.1. The Balaban J connectivity index is 1.73. The van der Waals surface area contributed by atoms with Crippen LogP contribution in [0.1, 0.15) is 26.3 Å². The van der Waals surface area contributed by atoms with E-state index in [4.69, 9.17) is 18.9 Å². The van der Waals surface area contributed by atoms with E-state index in [1.165, 1.54) is 25.3 Å². The smallest absolute Gasteiger partial charge is 0.343 e. The van der Waals surface area contributed by atoms with E-state index in [-0.39, 0.29) is 17.2 Å². The third-order valence-electron chi connectivity index (χ3n) is 4.16. The SMILES string of the molecule is COc1ccc(C(=O)Oc2ccc(OC(=O)c3ccc(C)cc3)cc2OC)cc1. The van der Waals surface area contributed by atoms with Gasteiger partial charge in [-0.3, -0.25) is 0 Å². The molecule has 0 aliphatic rings. The first-order valence-corrected chi connectivity index (χ1v) is 8.83. The van der Waals surface area contributed by atoms with Crippen molar-refractivity contribution in [2.75, 3.05) is 14.2 Å². The van der Waals surface area contributed by atoms with Crippen molar-refractivity contribution in [2.45, 2.75) is 6.92 Å². The molecule has 0 N–H and O–H groups in total. The number of hydrogen-bond acceptors (Lipinski definition) is 6. The van der Waals surface area contributed by atoms with Gasteiger partial charge < -0.3 is 18.9 Å². The van der Waals surface area contributed by atoms with Crippen molar-refractivity contribution in [2.24, 2.45) is 0 Å². The van der Waals surface area contributed by atoms with Crippen LogP contribution in [-0.4, -0.2) is 26.2 Å². The van der Waals surface area contributed by atoms with Crippen LogP contribution in [0.4, 0.5) is 0 Å². The molecule has 6 nitrogen and oxygen atoms in total. The monoisotopic (exact) mass is 392 g/mol. The predicted octanol–water partition coefficient (Wildman–Crippen LogP) is 4.45. The normalized spacial score (nSPS) is 10.2. The summed E-state index contributed by atoms with van der Waals surface area (Å²) < 4.78 is 21.1. The van der Waals surface area contributed by atoms with Crippen molar-refractivity contribution >= 4 is 11.9 Å². The highest BCUT2D eigenvalue weighted by Gasteiger charge is 2.15. The van der Waals surface area contributed by atoms with Gasteiger partial charge in [0.15, 0.2) is 11.5 Å². The minimum absolute atomic E-state index is 0.212. The van der Waals surface area contributed by atoms with E-state index in [2.05, 4.69) is 0 Å². The highest BCUT2D eigenvalue weighted by atomic mass is 16.6. The molecule has 0 saturated heterocycles. The summed E-state index contributed by atoms with van der Waals surface area (Å²) in [6, 6.07) is 18.1. The molecule has 0 amide bonds. The summed E-state index contributed by atoms with van der Waals surface area (Å²) in [6.07, 6.45) is 0. The number of aryl methyl sites for hydroxylation is 1. The lowest BCUT2D eigenvalue weighted by Crippen LogP contribution is -2.10. The van der Waals surface area contributed by atoms with Crippen LogP contribution in [-0.2, 0) is 0 Å². The predicted molar refractivity (Wildman–Crippen MR) is 107 cm³/mol.